The zero-order chi connectivity index (χ0) is 20.0. The van der Waals surface area contributed by atoms with Crippen LogP contribution in [0.1, 0.15) is 105 Å². The average Bonchev–Trinajstić information content (AvgIpc) is 2.73. The first-order chi connectivity index (χ1) is 13.7. The molecule has 1 aromatic rings. The van der Waals surface area contributed by atoms with Crippen molar-refractivity contribution in [1.29, 1.82) is 0 Å². The summed E-state index contributed by atoms with van der Waals surface area (Å²) in [7, 11) is 0. The molecule has 4 heteroatoms. The van der Waals surface area contributed by atoms with Crippen molar-refractivity contribution in [3.8, 4) is 0 Å². The highest BCUT2D eigenvalue weighted by Gasteiger charge is 2.20. The summed E-state index contributed by atoms with van der Waals surface area (Å²) in [6.07, 6.45) is 14.1. The molecular formula is C24H36O4. The molecule has 156 valence electrons. The van der Waals surface area contributed by atoms with Crippen LogP contribution in [-0.4, -0.2) is 25.2 Å². The molecule has 0 radical (unpaired) electrons. The zero-order valence-electron chi connectivity index (χ0n) is 17.4. The van der Waals surface area contributed by atoms with E-state index in [-0.39, 0.29) is 0 Å². The van der Waals surface area contributed by atoms with E-state index in [2.05, 4.69) is 6.92 Å². The number of esters is 2. The third kappa shape index (κ3) is 8.04. The van der Waals surface area contributed by atoms with Crippen molar-refractivity contribution in [1.82, 2.24) is 0 Å². The lowest BCUT2D eigenvalue weighted by Gasteiger charge is -2.21. The Morgan fingerprint density at radius 3 is 2.04 bits per heavy atom. The lowest BCUT2D eigenvalue weighted by Crippen LogP contribution is -2.16. The number of carbonyl (C=O) groups is 2. The Morgan fingerprint density at radius 1 is 0.821 bits per heavy atom. The Bertz CT molecular complexity index is 590. The highest BCUT2D eigenvalue weighted by molar-refractivity contribution is 6.03. The van der Waals surface area contributed by atoms with E-state index in [4.69, 9.17) is 9.47 Å². The van der Waals surface area contributed by atoms with Crippen LogP contribution >= 0.6 is 0 Å². The molecule has 0 heterocycles. The van der Waals surface area contributed by atoms with Crippen LogP contribution in [0.3, 0.4) is 0 Å². The minimum atomic E-state index is -0.437. The van der Waals surface area contributed by atoms with Crippen molar-refractivity contribution in [3.63, 3.8) is 0 Å². The molecule has 0 spiro atoms. The lowest BCUT2D eigenvalue weighted by molar-refractivity contribution is 0.0437. The second-order valence-corrected chi connectivity index (χ2v) is 7.88. The Hall–Kier alpha value is -1.84. The molecule has 0 N–H and O–H groups in total. The summed E-state index contributed by atoms with van der Waals surface area (Å²) in [5.41, 5.74) is 0.607. The highest BCUT2D eigenvalue weighted by Crippen LogP contribution is 2.26. The molecule has 1 aliphatic rings. The number of hydrogen-bond acceptors (Lipinski definition) is 4. The quantitative estimate of drug-likeness (QED) is 0.310. The molecule has 28 heavy (non-hydrogen) atoms. The van der Waals surface area contributed by atoms with Crippen LogP contribution in [0.4, 0.5) is 0 Å². The summed E-state index contributed by atoms with van der Waals surface area (Å²) in [5, 5.41) is 0. The summed E-state index contributed by atoms with van der Waals surface area (Å²) in [4.78, 5) is 24.9. The summed E-state index contributed by atoms with van der Waals surface area (Å²) in [5.74, 6) is -0.199. The van der Waals surface area contributed by atoms with Gasteiger partial charge in [-0.05, 0) is 30.9 Å². The minimum Gasteiger partial charge on any atom is -0.462 e. The summed E-state index contributed by atoms with van der Waals surface area (Å²) in [6.45, 7) is 3.01. The van der Waals surface area contributed by atoms with E-state index in [1.807, 2.05) is 0 Å². The molecule has 1 fully saturated rings. The van der Waals surface area contributed by atoms with Gasteiger partial charge in [0.1, 0.15) is 0 Å². The van der Waals surface area contributed by atoms with Gasteiger partial charge in [0.15, 0.2) is 0 Å². The second kappa shape index (κ2) is 13.4. The van der Waals surface area contributed by atoms with Crippen LogP contribution in [0.15, 0.2) is 24.3 Å². The van der Waals surface area contributed by atoms with E-state index in [1.165, 1.54) is 57.8 Å². The SMILES string of the molecule is CCCCCCCCOC(=O)c1ccccc1C(=O)OCCC1CCCCC1. The van der Waals surface area contributed by atoms with Gasteiger partial charge >= 0.3 is 11.9 Å². The highest BCUT2D eigenvalue weighted by atomic mass is 16.5. The van der Waals surface area contributed by atoms with E-state index in [0.29, 0.717) is 30.3 Å². The molecule has 0 aromatic heterocycles. The average molecular weight is 389 g/mol. The largest absolute Gasteiger partial charge is 0.462 e. The van der Waals surface area contributed by atoms with Gasteiger partial charge in [-0.3, -0.25) is 0 Å². The molecular weight excluding hydrogens is 352 g/mol. The Kier molecular flexibility index (Phi) is 10.7. The Labute approximate surface area is 170 Å². The van der Waals surface area contributed by atoms with E-state index in [9.17, 15) is 9.59 Å². The maximum absolute atomic E-state index is 12.5. The molecule has 0 aliphatic heterocycles. The van der Waals surface area contributed by atoms with Gasteiger partial charge < -0.3 is 9.47 Å². The molecule has 1 aliphatic carbocycles. The number of unbranched alkanes of at least 4 members (excludes halogenated alkanes) is 5. The van der Waals surface area contributed by atoms with Crippen molar-refractivity contribution in [2.45, 2.75) is 84.0 Å². The maximum atomic E-state index is 12.5. The van der Waals surface area contributed by atoms with E-state index in [1.54, 1.807) is 24.3 Å². The predicted molar refractivity (Wildman–Crippen MR) is 112 cm³/mol. The lowest BCUT2D eigenvalue weighted by atomic mass is 9.87. The van der Waals surface area contributed by atoms with Gasteiger partial charge in [0, 0.05) is 0 Å². The minimum absolute atomic E-state index is 0.302. The van der Waals surface area contributed by atoms with Gasteiger partial charge in [-0.25, -0.2) is 9.59 Å². The van der Waals surface area contributed by atoms with Crippen molar-refractivity contribution in [2.24, 2.45) is 5.92 Å². The van der Waals surface area contributed by atoms with Gasteiger partial charge in [0.25, 0.3) is 0 Å². The standard InChI is InChI=1S/C24H36O4/c1-2-3-4-5-6-12-18-27-23(25)21-15-10-11-16-22(21)24(26)28-19-17-20-13-8-7-9-14-20/h10-11,15-16,20H,2-9,12-14,17-19H2,1H3. The molecule has 4 nitrogen and oxygen atoms in total. The van der Waals surface area contributed by atoms with Crippen LogP contribution in [0.2, 0.25) is 0 Å². The smallest absolute Gasteiger partial charge is 0.339 e. The van der Waals surface area contributed by atoms with Gasteiger partial charge in [0.05, 0.1) is 24.3 Å². The van der Waals surface area contributed by atoms with Crippen LogP contribution in [0.25, 0.3) is 0 Å². The zero-order valence-corrected chi connectivity index (χ0v) is 17.4. The van der Waals surface area contributed by atoms with Crippen molar-refractivity contribution in [2.75, 3.05) is 13.2 Å². The van der Waals surface area contributed by atoms with Crippen LogP contribution in [0.5, 0.6) is 0 Å². The second-order valence-electron chi connectivity index (χ2n) is 7.88. The molecule has 1 aromatic carbocycles. The molecule has 0 unspecified atom stereocenters. The number of benzene rings is 1. The topological polar surface area (TPSA) is 52.6 Å². The monoisotopic (exact) mass is 388 g/mol. The van der Waals surface area contributed by atoms with Gasteiger partial charge in [-0.2, -0.15) is 0 Å². The first-order valence-corrected chi connectivity index (χ1v) is 11.2. The fourth-order valence-electron chi connectivity index (χ4n) is 3.84. The van der Waals surface area contributed by atoms with Crippen LogP contribution < -0.4 is 0 Å². The van der Waals surface area contributed by atoms with Crippen molar-refractivity contribution >= 4 is 11.9 Å². The molecule has 0 atom stereocenters. The normalized spacial score (nSPS) is 14.6. The number of ether oxygens (including phenoxy) is 2. The van der Waals surface area contributed by atoms with E-state index < -0.39 is 11.9 Å². The number of carbonyl (C=O) groups excluding carboxylic acids is 2. The van der Waals surface area contributed by atoms with Crippen molar-refractivity contribution in [3.05, 3.63) is 35.4 Å². The van der Waals surface area contributed by atoms with E-state index in [0.717, 1.165) is 19.3 Å². The summed E-state index contributed by atoms with van der Waals surface area (Å²) < 4.78 is 10.8. The molecule has 1 saturated carbocycles. The first-order valence-electron chi connectivity index (χ1n) is 11.2. The molecule has 0 amide bonds. The van der Waals surface area contributed by atoms with Crippen LogP contribution in [0, 0.1) is 5.92 Å². The van der Waals surface area contributed by atoms with Crippen molar-refractivity contribution < 1.29 is 19.1 Å². The maximum Gasteiger partial charge on any atom is 0.339 e. The third-order valence-electron chi connectivity index (χ3n) is 5.58. The summed E-state index contributed by atoms with van der Waals surface area (Å²) >= 11 is 0. The van der Waals surface area contributed by atoms with E-state index >= 15 is 0 Å². The Balaban J connectivity index is 1.75. The van der Waals surface area contributed by atoms with Gasteiger partial charge in [0.2, 0.25) is 0 Å². The summed E-state index contributed by atoms with van der Waals surface area (Å²) in [6, 6.07) is 6.79. The Morgan fingerprint density at radius 2 is 1.39 bits per heavy atom. The molecule has 2 rings (SSSR count). The third-order valence-corrected chi connectivity index (χ3v) is 5.58. The first kappa shape index (κ1) is 22.4. The predicted octanol–water partition coefficient (Wildman–Crippen LogP) is 6.33. The fourth-order valence-corrected chi connectivity index (χ4v) is 3.84. The molecule has 0 saturated heterocycles. The number of hydrogen-bond donors (Lipinski definition) is 0. The number of rotatable bonds is 12. The van der Waals surface area contributed by atoms with Gasteiger partial charge in [-0.15, -0.1) is 0 Å². The molecule has 0 bridgehead atoms. The van der Waals surface area contributed by atoms with Gasteiger partial charge in [-0.1, -0.05) is 83.3 Å². The van der Waals surface area contributed by atoms with Crippen LogP contribution in [-0.2, 0) is 9.47 Å². The fraction of sp³-hybridized carbons (Fsp3) is 0.667.